The normalized spacial score (nSPS) is 7.50. The van der Waals surface area contributed by atoms with E-state index in [1.807, 2.05) is 20.8 Å². The Morgan fingerprint density at radius 3 is 2.40 bits per heavy atom. The van der Waals surface area contributed by atoms with Crippen LogP contribution in [0.1, 0.15) is 20.8 Å². The Balaban J connectivity index is 4.29. The molecule has 0 spiro atoms. The molecule has 0 amide bonds. The summed E-state index contributed by atoms with van der Waals surface area (Å²) in [4.78, 5) is 7.42. The Hall–Kier alpha value is -1.14. The van der Waals surface area contributed by atoms with Crippen molar-refractivity contribution in [3.8, 4) is 0 Å². The average molecular weight is 136 g/mol. The van der Waals surface area contributed by atoms with Crippen molar-refractivity contribution in [2.45, 2.75) is 20.8 Å². The summed E-state index contributed by atoms with van der Waals surface area (Å²) in [7, 11) is 0. The smallest absolute Gasteiger partial charge is 0.0874 e. The third-order valence-corrected chi connectivity index (χ3v) is 1.10. The van der Waals surface area contributed by atoms with Gasteiger partial charge in [0.1, 0.15) is 0 Å². The summed E-state index contributed by atoms with van der Waals surface area (Å²) in [6, 6.07) is 0. The van der Waals surface area contributed by atoms with Crippen LogP contribution in [0.4, 0.5) is 0 Å². The molecule has 0 atom stereocenters. The molecule has 54 valence electrons. The third-order valence-electron chi connectivity index (χ3n) is 1.10. The van der Waals surface area contributed by atoms with Gasteiger partial charge in [0.25, 0.3) is 0 Å². The Bertz CT molecular complexity index is 201. The molecule has 0 aliphatic carbocycles. The number of aliphatic imine (C=N–C) groups is 2. The monoisotopic (exact) mass is 136 g/mol. The van der Waals surface area contributed by atoms with Crippen LogP contribution in [0, 0.1) is 0 Å². The van der Waals surface area contributed by atoms with Crippen LogP contribution in [0.3, 0.4) is 0 Å². The van der Waals surface area contributed by atoms with Crippen LogP contribution < -0.4 is 0 Å². The Kier molecular flexibility index (Phi) is 4.17. The zero-order valence-electron chi connectivity index (χ0n) is 6.68. The summed E-state index contributed by atoms with van der Waals surface area (Å²) in [5, 5.41) is 0. The van der Waals surface area contributed by atoms with Crippen LogP contribution in [0.25, 0.3) is 0 Å². The van der Waals surface area contributed by atoms with E-state index in [2.05, 4.69) is 22.6 Å². The van der Waals surface area contributed by atoms with Gasteiger partial charge >= 0.3 is 0 Å². The van der Waals surface area contributed by atoms with Gasteiger partial charge in [-0.1, -0.05) is 5.57 Å². The third kappa shape index (κ3) is 3.81. The first-order valence-corrected chi connectivity index (χ1v) is 3.06. The summed E-state index contributed by atoms with van der Waals surface area (Å²) >= 11 is 0. The van der Waals surface area contributed by atoms with Gasteiger partial charge in [0.05, 0.1) is 6.20 Å². The molecule has 0 unspecified atom stereocenters. The van der Waals surface area contributed by atoms with Crippen LogP contribution in [0.5, 0.6) is 0 Å². The molecule has 0 saturated carbocycles. The van der Waals surface area contributed by atoms with Crippen molar-refractivity contribution in [1.29, 1.82) is 0 Å². The second kappa shape index (κ2) is 4.71. The number of nitrogens with zero attached hydrogens (tertiary/aromatic N) is 2. The largest absolute Gasteiger partial charge is 0.263 e. The van der Waals surface area contributed by atoms with Crippen LogP contribution >= 0.6 is 0 Å². The van der Waals surface area contributed by atoms with E-state index >= 15 is 0 Å². The summed E-state index contributed by atoms with van der Waals surface area (Å²) in [5.41, 5.74) is 2.16. The molecule has 0 aromatic heterocycles. The molecule has 0 bridgehead atoms. The number of hydrogen-bond donors (Lipinski definition) is 0. The molecule has 0 N–H and O–H groups in total. The molecule has 0 aliphatic rings. The van der Waals surface area contributed by atoms with Crippen LogP contribution in [0.15, 0.2) is 27.5 Å². The molecule has 0 fully saturated rings. The fourth-order valence-electron chi connectivity index (χ4n) is 0.278. The maximum absolute atomic E-state index is 3.95. The SMILES string of the molecule is C=NC=C=NC(C)=C(C)C. The molecule has 2 heteroatoms. The standard InChI is InChI=1S/C8H12N2/c1-7(2)8(3)10-6-5-9-4/h5H,4H2,1-3H3. The van der Waals surface area contributed by atoms with Gasteiger partial charge in [-0.3, -0.25) is 4.99 Å². The molecule has 2 nitrogen and oxygen atoms in total. The first kappa shape index (κ1) is 8.86. The molecular weight excluding hydrogens is 124 g/mol. The van der Waals surface area contributed by atoms with Gasteiger partial charge in [0.15, 0.2) is 0 Å². The van der Waals surface area contributed by atoms with E-state index < -0.39 is 0 Å². The number of hydrogen-bond acceptors (Lipinski definition) is 2. The zero-order valence-corrected chi connectivity index (χ0v) is 6.68. The van der Waals surface area contributed by atoms with Crippen molar-refractivity contribution < 1.29 is 0 Å². The number of allylic oxidation sites excluding steroid dienone is 2. The van der Waals surface area contributed by atoms with Gasteiger partial charge in [0.2, 0.25) is 0 Å². The molecule has 0 radical (unpaired) electrons. The summed E-state index contributed by atoms with van der Waals surface area (Å²) < 4.78 is 0. The predicted octanol–water partition coefficient (Wildman–Crippen LogP) is 2.18. The molecule has 0 saturated heterocycles. The predicted molar refractivity (Wildman–Crippen MR) is 45.6 cm³/mol. The lowest BCUT2D eigenvalue weighted by molar-refractivity contribution is 1.20. The minimum atomic E-state index is 0.972. The van der Waals surface area contributed by atoms with Gasteiger partial charge in [-0.15, -0.1) is 0 Å². The highest BCUT2D eigenvalue weighted by Crippen LogP contribution is 2.00. The summed E-state index contributed by atoms with van der Waals surface area (Å²) in [5.74, 6) is 2.63. The highest BCUT2D eigenvalue weighted by atomic mass is 14.7. The van der Waals surface area contributed by atoms with E-state index in [0.717, 1.165) is 5.70 Å². The fraction of sp³-hybridized carbons (Fsp3) is 0.375. The lowest BCUT2D eigenvalue weighted by Gasteiger charge is -1.89. The van der Waals surface area contributed by atoms with Crippen LogP contribution in [0.2, 0.25) is 0 Å². The maximum Gasteiger partial charge on any atom is 0.0874 e. The van der Waals surface area contributed by atoms with Crippen molar-refractivity contribution in [3.05, 3.63) is 17.5 Å². The first-order valence-electron chi connectivity index (χ1n) is 3.06. The van der Waals surface area contributed by atoms with Gasteiger partial charge in [-0.2, -0.15) is 0 Å². The van der Waals surface area contributed by atoms with Gasteiger partial charge in [-0.05, 0) is 27.5 Å². The van der Waals surface area contributed by atoms with E-state index in [1.165, 1.54) is 11.8 Å². The maximum atomic E-state index is 3.95. The van der Waals surface area contributed by atoms with Gasteiger partial charge in [-0.25, -0.2) is 4.99 Å². The summed E-state index contributed by atoms with van der Waals surface area (Å²) in [6.45, 7) is 9.19. The van der Waals surface area contributed by atoms with E-state index in [4.69, 9.17) is 0 Å². The Morgan fingerprint density at radius 1 is 1.40 bits per heavy atom. The number of rotatable bonds is 2. The fourth-order valence-corrected chi connectivity index (χ4v) is 0.278. The molecule has 0 rings (SSSR count). The highest BCUT2D eigenvalue weighted by Gasteiger charge is 1.82. The quantitative estimate of drug-likeness (QED) is 0.520. The lowest BCUT2D eigenvalue weighted by atomic mass is 10.3. The molecule has 10 heavy (non-hydrogen) atoms. The summed E-state index contributed by atoms with van der Waals surface area (Å²) in [6.07, 6.45) is 1.44. The Labute approximate surface area is 61.7 Å². The second-order valence-electron chi connectivity index (χ2n) is 2.14. The van der Waals surface area contributed by atoms with E-state index in [-0.39, 0.29) is 0 Å². The van der Waals surface area contributed by atoms with Crippen molar-refractivity contribution >= 4 is 12.6 Å². The van der Waals surface area contributed by atoms with Gasteiger partial charge in [0, 0.05) is 11.6 Å². The van der Waals surface area contributed by atoms with Crippen LogP contribution in [-0.2, 0) is 0 Å². The van der Waals surface area contributed by atoms with E-state index in [9.17, 15) is 0 Å². The molecule has 0 aliphatic heterocycles. The zero-order chi connectivity index (χ0) is 7.98. The molecule has 0 heterocycles. The Morgan fingerprint density at radius 2 is 2.00 bits per heavy atom. The van der Waals surface area contributed by atoms with Crippen molar-refractivity contribution in [1.82, 2.24) is 0 Å². The first-order chi connectivity index (χ1) is 4.68. The second-order valence-corrected chi connectivity index (χ2v) is 2.14. The lowest BCUT2D eigenvalue weighted by Crippen LogP contribution is -1.72. The van der Waals surface area contributed by atoms with Crippen molar-refractivity contribution in [3.63, 3.8) is 0 Å². The van der Waals surface area contributed by atoms with Gasteiger partial charge < -0.3 is 0 Å². The van der Waals surface area contributed by atoms with Crippen molar-refractivity contribution in [2.24, 2.45) is 9.98 Å². The molecule has 0 aromatic rings. The van der Waals surface area contributed by atoms with E-state index in [1.54, 1.807) is 0 Å². The van der Waals surface area contributed by atoms with Crippen molar-refractivity contribution in [2.75, 3.05) is 0 Å². The molecule has 0 aromatic carbocycles. The van der Waals surface area contributed by atoms with E-state index in [0.29, 0.717) is 0 Å². The minimum Gasteiger partial charge on any atom is -0.263 e. The minimum absolute atomic E-state index is 0.972. The van der Waals surface area contributed by atoms with Crippen LogP contribution in [-0.4, -0.2) is 12.6 Å². The highest BCUT2D eigenvalue weighted by molar-refractivity contribution is 5.54. The molecular formula is C8H12N2. The topological polar surface area (TPSA) is 24.7 Å². The average Bonchev–Trinajstić information content (AvgIpc) is 1.88.